The van der Waals surface area contributed by atoms with E-state index in [9.17, 15) is 0 Å². The summed E-state index contributed by atoms with van der Waals surface area (Å²) in [4.78, 5) is 9.36. The average Bonchev–Trinajstić information content (AvgIpc) is 2.40. The van der Waals surface area contributed by atoms with E-state index in [0.29, 0.717) is 12.5 Å². The first-order valence-corrected chi connectivity index (χ1v) is 7.63. The highest BCUT2D eigenvalue weighted by atomic mass is 16.5. The normalized spacial score (nSPS) is 14.3. The minimum Gasteiger partial charge on any atom is -0.371 e. The van der Waals surface area contributed by atoms with Crippen molar-refractivity contribution >= 4 is 0 Å². The molecule has 0 saturated heterocycles. The fraction of sp³-hybridized carbons (Fsp3) is 0.750. The van der Waals surface area contributed by atoms with E-state index in [-0.39, 0.29) is 6.10 Å². The second kappa shape index (κ2) is 8.32. The summed E-state index contributed by atoms with van der Waals surface area (Å²) in [5, 5.41) is 3.22. The fourth-order valence-corrected chi connectivity index (χ4v) is 2.55. The number of hydrogen-bond acceptors (Lipinski definition) is 4. The van der Waals surface area contributed by atoms with Crippen LogP contribution in [-0.4, -0.2) is 30.2 Å². The number of nitrogens with one attached hydrogen (secondary N) is 1. The maximum Gasteiger partial charge on any atom is 0.157 e. The van der Waals surface area contributed by atoms with Gasteiger partial charge in [0.05, 0.1) is 0 Å². The van der Waals surface area contributed by atoms with Crippen LogP contribution >= 0.6 is 0 Å². The first-order valence-electron chi connectivity index (χ1n) is 7.63. The average molecular weight is 279 g/mol. The minimum atomic E-state index is 0.0150. The summed E-state index contributed by atoms with van der Waals surface area (Å²) < 4.78 is 5.71. The molecule has 1 N–H and O–H groups in total. The number of ether oxygens (including phenoxy) is 1. The summed E-state index contributed by atoms with van der Waals surface area (Å²) in [6.07, 6.45) is 1.94. The molecule has 4 heteroatoms. The lowest BCUT2D eigenvalue weighted by Crippen LogP contribution is -2.20. The van der Waals surface area contributed by atoms with Crippen molar-refractivity contribution in [3.63, 3.8) is 0 Å². The van der Waals surface area contributed by atoms with Gasteiger partial charge in [0, 0.05) is 18.0 Å². The zero-order valence-electron chi connectivity index (χ0n) is 13.8. The van der Waals surface area contributed by atoms with Crippen LogP contribution in [0.25, 0.3) is 0 Å². The number of aryl methyl sites for hydroxylation is 2. The lowest BCUT2D eigenvalue weighted by molar-refractivity contribution is 0.0532. The molecule has 0 aliphatic carbocycles. The summed E-state index contributed by atoms with van der Waals surface area (Å²) in [7, 11) is 1.99. The van der Waals surface area contributed by atoms with Crippen molar-refractivity contribution in [3.05, 3.63) is 22.8 Å². The van der Waals surface area contributed by atoms with Crippen molar-refractivity contribution < 1.29 is 4.74 Å². The molecular formula is C16H29N3O. The van der Waals surface area contributed by atoms with E-state index in [1.54, 1.807) is 0 Å². The Balaban J connectivity index is 2.96. The highest BCUT2D eigenvalue weighted by Gasteiger charge is 2.17. The topological polar surface area (TPSA) is 47.0 Å². The summed E-state index contributed by atoms with van der Waals surface area (Å²) in [5.41, 5.74) is 3.46. The van der Waals surface area contributed by atoms with Crippen LogP contribution in [0.1, 0.15) is 56.1 Å². The molecule has 0 radical (unpaired) electrons. The summed E-state index contributed by atoms with van der Waals surface area (Å²) in [5.74, 6) is 1.41. The minimum absolute atomic E-state index is 0.0150. The Bertz CT molecular complexity index is 397. The molecule has 0 aliphatic heterocycles. The second-order valence-electron chi connectivity index (χ2n) is 5.45. The number of hydrogen-bond donors (Lipinski definition) is 1. The highest BCUT2D eigenvalue weighted by molar-refractivity contribution is 5.25. The molecule has 114 valence electrons. The van der Waals surface area contributed by atoms with Crippen molar-refractivity contribution in [2.75, 3.05) is 20.2 Å². The Morgan fingerprint density at radius 2 is 1.75 bits per heavy atom. The van der Waals surface area contributed by atoms with Gasteiger partial charge in [0.15, 0.2) is 5.82 Å². The van der Waals surface area contributed by atoms with Crippen LogP contribution in [0.4, 0.5) is 0 Å². The fourth-order valence-electron chi connectivity index (χ4n) is 2.55. The Labute approximate surface area is 123 Å². The van der Waals surface area contributed by atoms with Crippen LogP contribution < -0.4 is 5.32 Å². The van der Waals surface area contributed by atoms with Crippen LogP contribution in [0.3, 0.4) is 0 Å². The molecular weight excluding hydrogens is 250 g/mol. The van der Waals surface area contributed by atoms with Gasteiger partial charge >= 0.3 is 0 Å². The van der Waals surface area contributed by atoms with Gasteiger partial charge in [-0.25, -0.2) is 9.97 Å². The Kier molecular flexibility index (Phi) is 7.10. The predicted octanol–water partition coefficient (Wildman–Crippen LogP) is 2.98. The van der Waals surface area contributed by atoms with Crippen LogP contribution in [-0.2, 0) is 11.2 Å². The third-order valence-electron chi connectivity index (χ3n) is 3.57. The van der Waals surface area contributed by atoms with Crippen LogP contribution in [0.2, 0.25) is 0 Å². The molecule has 0 aliphatic rings. The Morgan fingerprint density at radius 1 is 1.15 bits per heavy atom. The number of nitrogens with zero attached hydrogens (tertiary/aromatic N) is 2. The third-order valence-corrected chi connectivity index (χ3v) is 3.57. The van der Waals surface area contributed by atoms with Crippen LogP contribution in [0.15, 0.2) is 0 Å². The summed E-state index contributed by atoms with van der Waals surface area (Å²) in [6, 6.07) is 0. The monoisotopic (exact) mass is 279 g/mol. The Morgan fingerprint density at radius 3 is 2.20 bits per heavy atom. The standard InChI is InChI=1S/C16H29N3O/c1-7-15(20-8-2)16-18-12(4)14(13(5)19-16)9-11(3)10-17-6/h11,15,17H,7-10H2,1-6H3. The molecule has 0 fully saturated rings. The van der Waals surface area contributed by atoms with Gasteiger partial charge in [-0.3, -0.25) is 0 Å². The van der Waals surface area contributed by atoms with E-state index >= 15 is 0 Å². The third kappa shape index (κ3) is 4.53. The molecule has 0 amide bonds. The van der Waals surface area contributed by atoms with Crippen molar-refractivity contribution in [2.45, 2.75) is 53.6 Å². The van der Waals surface area contributed by atoms with Gasteiger partial charge in [-0.2, -0.15) is 0 Å². The number of rotatable bonds is 8. The van der Waals surface area contributed by atoms with Gasteiger partial charge in [-0.05, 0) is 58.7 Å². The summed E-state index contributed by atoms with van der Waals surface area (Å²) >= 11 is 0. The van der Waals surface area contributed by atoms with Crippen molar-refractivity contribution in [1.82, 2.24) is 15.3 Å². The summed E-state index contributed by atoms with van der Waals surface area (Å²) in [6.45, 7) is 12.2. The SMILES string of the molecule is CCOC(CC)c1nc(C)c(CC(C)CNC)c(C)n1. The van der Waals surface area contributed by atoms with E-state index < -0.39 is 0 Å². The quantitative estimate of drug-likeness (QED) is 0.794. The largest absolute Gasteiger partial charge is 0.371 e. The van der Waals surface area contributed by atoms with Crippen molar-refractivity contribution in [3.8, 4) is 0 Å². The maximum atomic E-state index is 5.71. The van der Waals surface area contributed by atoms with Crippen LogP contribution in [0, 0.1) is 19.8 Å². The molecule has 2 unspecified atom stereocenters. The van der Waals surface area contributed by atoms with E-state index in [0.717, 1.165) is 36.6 Å². The first-order chi connectivity index (χ1) is 9.53. The lowest BCUT2D eigenvalue weighted by Gasteiger charge is -2.18. The molecule has 0 bridgehead atoms. The molecule has 0 saturated carbocycles. The molecule has 1 aromatic heterocycles. The van der Waals surface area contributed by atoms with E-state index in [2.05, 4.69) is 43.0 Å². The second-order valence-corrected chi connectivity index (χ2v) is 5.45. The van der Waals surface area contributed by atoms with Gasteiger partial charge in [0.1, 0.15) is 6.10 Å². The van der Waals surface area contributed by atoms with Gasteiger partial charge in [-0.1, -0.05) is 13.8 Å². The van der Waals surface area contributed by atoms with Crippen molar-refractivity contribution in [2.24, 2.45) is 5.92 Å². The van der Waals surface area contributed by atoms with Gasteiger partial charge < -0.3 is 10.1 Å². The molecule has 0 spiro atoms. The molecule has 1 rings (SSSR count). The molecule has 1 aromatic rings. The molecule has 2 atom stereocenters. The lowest BCUT2D eigenvalue weighted by atomic mass is 9.98. The highest BCUT2D eigenvalue weighted by Crippen LogP contribution is 2.21. The first kappa shape index (κ1) is 17.1. The van der Waals surface area contributed by atoms with Crippen LogP contribution in [0.5, 0.6) is 0 Å². The Hall–Kier alpha value is -1.00. The zero-order chi connectivity index (χ0) is 15.1. The van der Waals surface area contributed by atoms with E-state index in [1.165, 1.54) is 5.56 Å². The van der Waals surface area contributed by atoms with Crippen molar-refractivity contribution in [1.29, 1.82) is 0 Å². The zero-order valence-corrected chi connectivity index (χ0v) is 13.8. The predicted molar refractivity (Wildman–Crippen MR) is 83.0 cm³/mol. The molecule has 4 nitrogen and oxygen atoms in total. The molecule has 20 heavy (non-hydrogen) atoms. The van der Waals surface area contributed by atoms with Gasteiger partial charge in [0.25, 0.3) is 0 Å². The molecule has 1 heterocycles. The van der Waals surface area contributed by atoms with E-state index in [1.807, 2.05) is 14.0 Å². The smallest absolute Gasteiger partial charge is 0.157 e. The molecule has 0 aromatic carbocycles. The maximum absolute atomic E-state index is 5.71. The van der Waals surface area contributed by atoms with Gasteiger partial charge in [0.2, 0.25) is 0 Å². The van der Waals surface area contributed by atoms with Gasteiger partial charge in [-0.15, -0.1) is 0 Å². The van der Waals surface area contributed by atoms with E-state index in [4.69, 9.17) is 4.74 Å². The number of aromatic nitrogens is 2.